The van der Waals surface area contributed by atoms with Gasteiger partial charge in [0.25, 0.3) is 17.7 Å². The highest BCUT2D eigenvalue weighted by atomic mass is 19.1. The summed E-state index contributed by atoms with van der Waals surface area (Å²) < 4.78 is 31.5. The molecule has 0 saturated carbocycles. The molecule has 0 spiro atoms. The third-order valence-corrected chi connectivity index (χ3v) is 4.17. The molecule has 3 rings (SSSR count). The third-order valence-electron chi connectivity index (χ3n) is 4.17. The van der Waals surface area contributed by atoms with Crippen LogP contribution >= 0.6 is 0 Å². The van der Waals surface area contributed by atoms with Crippen LogP contribution in [0.25, 0.3) is 0 Å². The standard InChI is InChI=1S/C19H14F2N2O5/c1-9(16(24)22-15-6-4-11(20)8-14(15)21)28-19(27)10-3-5-12-13(7-10)18(26)23(2)17(12)25/h3-9H,1-2H3,(H,22,24). The van der Waals surface area contributed by atoms with E-state index in [1.165, 1.54) is 32.2 Å². The molecule has 7 nitrogen and oxygen atoms in total. The van der Waals surface area contributed by atoms with E-state index in [0.717, 1.165) is 17.0 Å². The summed E-state index contributed by atoms with van der Waals surface area (Å²) in [7, 11) is 1.32. The average molecular weight is 388 g/mol. The molecular weight excluding hydrogens is 374 g/mol. The van der Waals surface area contributed by atoms with Gasteiger partial charge in [0, 0.05) is 13.1 Å². The van der Waals surface area contributed by atoms with E-state index in [2.05, 4.69) is 5.32 Å². The average Bonchev–Trinajstić information content (AvgIpc) is 2.87. The number of carbonyl (C=O) groups excluding carboxylic acids is 4. The molecule has 144 valence electrons. The van der Waals surface area contributed by atoms with Crippen LogP contribution in [0.3, 0.4) is 0 Å². The molecule has 1 aliphatic rings. The summed E-state index contributed by atoms with van der Waals surface area (Å²) in [5.41, 5.74) is -0.0594. The quantitative estimate of drug-likeness (QED) is 0.641. The molecule has 2 aromatic carbocycles. The minimum Gasteiger partial charge on any atom is -0.449 e. The Morgan fingerprint density at radius 3 is 2.39 bits per heavy atom. The molecule has 1 N–H and O–H groups in total. The summed E-state index contributed by atoms with van der Waals surface area (Å²) in [5.74, 6) is -4.53. The van der Waals surface area contributed by atoms with E-state index in [9.17, 15) is 28.0 Å². The van der Waals surface area contributed by atoms with Crippen LogP contribution < -0.4 is 5.32 Å². The van der Waals surface area contributed by atoms with Crippen molar-refractivity contribution in [3.05, 3.63) is 64.7 Å². The molecule has 9 heteroatoms. The fourth-order valence-electron chi connectivity index (χ4n) is 2.60. The van der Waals surface area contributed by atoms with Crippen LogP contribution in [0.5, 0.6) is 0 Å². The topological polar surface area (TPSA) is 92.8 Å². The Hall–Kier alpha value is -3.62. The first-order valence-electron chi connectivity index (χ1n) is 8.12. The van der Waals surface area contributed by atoms with Crippen LogP contribution in [0.15, 0.2) is 36.4 Å². The molecule has 28 heavy (non-hydrogen) atoms. The number of imide groups is 1. The van der Waals surface area contributed by atoms with Crippen LogP contribution in [0.4, 0.5) is 14.5 Å². The molecule has 0 saturated heterocycles. The molecule has 0 aromatic heterocycles. The van der Waals surface area contributed by atoms with Crippen LogP contribution in [0.2, 0.25) is 0 Å². The van der Waals surface area contributed by atoms with Crippen molar-refractivity contribution in [3.63, 3.8) is 0 Å². The highest BCUT2D eigenvalue weighted by Gasteiger charge is 2.33. The predicted octanol–water partition coefficient (Wildman–Crippen LogP) is 2.37. The number of nitrogens with zero attached hydrogens (tertiary/aromatic N) is 1. The van der Waals surface area contributed by atoms with Gasteiger partial charge in [-0.05, 0) is 37.3 Å². The third kappa shape index (κ3) is 3.46. The van der Waals surface area contributed by atoms with E-state index in [4.69, 9.17) is 4.74 Å². The number of halogens is 2. The maximum atomic E-state index is 13.6. The van der Waals surface area contributed by atoms with Gasteiger partial charge in [-0.1, -0.05) is 0 Å². The maximum absolute atomic E-state index is 13.6. The zero-order chi connectivity index (χ0) is 20.6. The summed E-state index contributed by atoms with van der Waals surface area (Å²) in [4.78, 5) is 49.1. The highest BCUT2D eigenvalue weighted by molar-refractivity contribution is 6.21. The summed E-state index contributed by atoms with van der Waals surface area (Å²) >= 11 is 0. The normalized spacial score (nSPS) is 13.9. The van der Waals surface area contributed by atoms with Crippen molar-refractivity contribution >= 4 is 29.4 Å². The molecule has 0 radical (unpaired) electrons. The lowest BCUT2D eigenvalue weighted by Gasteiger charge is -2.14. The molecule has 1 atom stereocenters. The van der Waals surface area contributed by atoms with Gasteiger partial charge >= 0.3 is 5.97 Å². The van der Waals surface area contributed by atoms with Crippen LogP contribution in [-0.4, -0.2) is 41.7 Å². The number of ether oxygens (including phenoxy) is 1. The van der Waals surface area contributed by atoms with Gasteiger partial charge in [-0.15, -0.1) is 0 Å². The smallest absolute Gasteiger partial charge is 0.338 e. The first kappa shape index (κ1) is 19.2. The minimum absolute atomic E-state index is 0.0252. The lowest BCUT2D eigenvalue weighted by Crippen LogP contribution is -2.30. The van der Waals surface area contributed by atoms with E-state index < -0.39 is 41.4 Å². The lowest BCUT2D eigenvalue weighted by atomic mass is 10.1. The lowest BCUT2D eigenvalue weighted by molar-refractivity contribution is -0.123. The van der Waals surface area contributed by atoms with E-state index >= 15 is 0 Å². The second-order valence-corrected chi connectivity index (χ2v) is 6.09. The molecule has 3 amide bonds. The van der Waals surface area contributed by atoms with Crippen molar-refractivity contribution in [3.8, 4) is 0 Å². The summed E-state index contributed by atoms with van der Waals surface area (Å²) in [5, 5.41) is 2.19. The summed E-state index contributed by atoms with van der Waals surface area (Å²) in [6, 6.07) is 6.45. The molecule has 1 heterocycles. The Morgan fingerprint density at radius 2 is 1.71 bits per heavy atom. The second-order valence-electron chi connectivity index (χ2n) is 6.09. The Balaban J connectivity index is 1.70. The number of nitrogens with one attached hydrogen (secondary N) is 1. The van der Waals surface area contributed by atoms with Gasteiger partial charge in [0.05, 0.1) is 22.4 Å². The Kier molecular flexibility index (Phi) is 4.91. The van der Waals surface area contributed by atoms with Crippen molar-refractivity contribution in [2.24, 2.45) is 0 Å². The first-order chi connectivity index (χ1) is 13.2. The molecule has 0 fully saturated rings. The zero-order valence-corrected chi connectivity index (χ0v) is 14.8. The van der Waals surface area contributed by atoms with Crippen molar-refractivity contribution in [2.75, 3.05) is 12.4 Å². The van der Waals surface area contributed by atoms with Crippen LogP contribution in [0, 0.1) is 11.6 Å². The van der Waals surface area contributed by atoms with Gasteiger partial charge in [-0.2, -0.15) is 0 Å². The monoisotopic (exact) mass is 388 g/mol. The van der Waals surface area contributed by atoms with Gasteiger partial charge in [0.2, 0.25) is 0 Å². The van der Waals surface area contributed by atoms with Crippen LogP contribution in [0.1, 0.15) is 38.0 Å². The predicted molar refractivity (Wildman–Crippen MR) is 92.7 cm³/mol. The Bertz CT molecular complexity index is 1020. The van der Waals surface area contributed by atoms with E-state index in [1.54, 1.807) is 0 Å². The number of esters is 1. The van der Waals surface area contributed by atoms with Gasteiger partial charge in [0.15, 0.2) is 6.10 Å². The number of amides is 3. The van der Waals surface area contributed by atoms with E-state index in [-0.39, 0.29) is 22.4 Å². The van der Waals surface area contributed by atoms with E-state index in [1.807, 2.05) is 0 Å². The minimum atomic E-state index is -1.30. The number of hydrogen-bond donors (Lipinski definition) is 1. The number of hydrogen-bond acceptors (Lipinski definition) is 5. The number of rotatable bonds is 4. The Labute approximate surface area is 157 Å². The molecule has 0 bridgehead atoms. The highest BCUT2D eigenvalue weighted by Crippen LogP contribution is 2.23. The van der Waals surface area contributed by atoms with Crippen molar-refractivity contribution in [1.82, 2.24) is 4.90 Å². The molecule has 2 aromatic rings. The number of fused-ring (bicyclic) bond motifs is 1. The maximum Gasteiger partial charge on any atom is 0.338 e. The van der Waals surface area contributed by atoms with E-state index in [0.29, 0.717) is 6.07 Å². The van der Waals surface area contributed by atoms with Gasteiger partial charge in [-0.3, -0.25) is 19.3 Å². The Morgan fingerprint density at radius 1 is 1.04 bits per heavy atom. The molecular formula is C19H14F2N2O5. The number of benzene rings is 2. The zero-order valence-electron chi connectivity index (χ0n) is 14.8. The SMILES string of the molecule is CC(OC(=O)c1ccc2c(c1)C(=O)N(C)C2=O)C(=O)Nc1ccc(F)cc1F. The molecule has 0 aliphatic carbocycles. The van der Waals surface area contributed by atoms with Crippen molar-refractivity contribution in [2.45, 2.75) is 13.0 Å². The van der Waals surface area contributed by atoms with Crippen LogP contribution in [-0.2, 0) is 9.53 Å². The fourth-order valence-corrected chi connectivity index (χ4v) is 2.60. The van der Waals surface area contributed by atoms with Gasteiger partial charge < -0.3 is 10.1 Å². The molecule has 1 aliphatic heterocycles. The number of carbonyl (C=O) groups is 4. The second kappa shape index (κ2) is 7.18. The van der Waals surface area contributed by atoms with Gasteiger partial charge in [0.1, 0.15) is 11.6 Å². The molecule has 1 unspecified atom stereocenters. The first-order valence-corrected chi connectivity index (χ1v) is 8.12. The summed E-state index contributed by atoms with van der Waals surface area (Å²) in [6.07, 6.45) is -1.30. The van der Waals surface area contributed by atoms with Crippen molar-refractivity contribution in [1.29, 1.82) is 0 Å². The fraction of sp³-hybridized carbons (Fsp3) is 0.158. The van der Waals surface area contributed by atoms with Crippen molar-refractivity contribution < 1.29 is 32.7 Å². The number of anilines is 1. The van der Waals surface area contributed by atoms with Gasteiger partial charge in [-0.25, -0.2) is 13.6 Å². The largest absolute Gasteiger partial charge is 0.449 e. The summed E-state index contributed by atoms with van der Waals surface area (Å²) in [6.45, 7) is 1.27.